The van der Waals surface area contributed by atoms with Gasteiger partial charge in [0.05, 0.1) is 0 Å². The van der Waals surface area contributed by atoms with Gasteiger partial charge in [-0.2, -0.15) is 0 Å². The number of rotatable bonds is 1. The van der Waals surface area contributed by atoms with Crippen LogP contribution in [0.15, 0.2) is 18.2 Å². The van der Waals surface area contributed by atoms with Crippen molar-refractivity contribution in [2.75, 3.05) is 0 Å². The molecule has 0 amide bonds. The molecule has 0 aliphatic heterocycles. The number of aryl methyl sites for hydroxylation is 2. The van der Waals surface area contributed by atoms with Crippen LogP contribution in [0.2, 0.25) is 0 Å². The molecule has 1 aromatic carbocycles. The van der Waals surface area contributed by atoms with Gasteiger partial charge >= 0.3 is 0 Å². The molecule has 0 saturated carbocycles. The smallest absolute Gasteiger partial charge is 0.0477 e. The lowest BCUT2D eigenvalue weighted by Crippen LogP contribution is -1.82. The number of fused-ring (bicyclic) bond motifs is 1. The zero-order valence-corrected chi connectivity index (χ0v) is 9.30. The van der Waals surface area contributed by atoms with Crippen molar-refractivity contribution in [3.05, 3.63) is 34.2 Å². The Balaban J connectivity index is 2.72. The number of thiophene rings is 1. The highest BCUT2D eigenvalue weighted by Gasteiger charge is 2.02. The summed E-state index contributed by atoms with van der Waals surface area (Å²) in [5, 5.41) is 1.34. The summed E-state index contributed by atoms with van der Waals surface area (Å²) >= 11 is 7.68. The molecule has 0 N–H and O–H groups in total. The van der Waals surface area contributed by atoms with E-state index in [-0.39, 0.29) is 0 Å². The van der Waals surface area contributed by atoms with Gasteiger partial charge in [-0.1, -0.05) is 6.07 Å². The van der Waals surface area contributed by atoms with Crippen LogP contribution in [0.3, 0.4) is 0 Å². The highest BCUT2D eigenvalue weighted by atomic mass is 35.5. The van der Waals surface area contributed by atoms with Gasteiger partial charge < -0.3 is 0 Å². The average molecular weight is 211 g/mol. The molecule has 68 valence electrons. The summed E-state index contributed by atoms with van der Waals surface area (Å²) in [6.07, 6.45) is 0. The van der Waals surface area contributed by atoms with Crippen molar-refractivity contribution in [1.29, 1.82) is 0 Å². The lowest BCUT2D eigenvalue weighted by molar-refractivity contribution is 1.32. The van der Waals surface area contributed by atoms with E-state index in [9.17, 15) is 0 Å². The number of hydrogen-bond acceptors (Lipinski definition) is 1. The molecule has 2 rings (SSSR count). The van der Waals surface area contributed by atoms with Gasteiger partial charge in [-0.3, -0.25) is 0 Å². The van der Waals surface area contributed by atoms with Crippen molar-refractivity contribution >= 4 is 33.0 Å². The summed E-state index contributed by atoms with van der Waals surface area (Å²) in [7, 11) is 0. The summed E-state index contributed by atoms with van der Waals surface area (Å²) in [4.78, 5) is 1.36. The van der Waals surface area contributed by atoms with Crippen LogP contribution in [0.25, 0.3) is 10.1 Å². The van der Waals surface area contributed by atoms with Crippen molar-refractivity contribution < 1.29 is 0 Å². The van der Waals surface area contributed by atoms with Crippen molar-refractivity contribution in [1.82, 2.24) is 0 Å². The maximum atomic E-state index is 5.84. The molecule has 0 nitrogen and oxygen atoms in total. The zero-order valence-electron chi connectivity index (χ0n) is 7.73. The number of halogens is 1. The molecule has 0 radical (unpaired) electrons. The largest absolute Gasteiger partial charge is 0.141 e. The van der Waals surface area contributed by atoms with E-state index in [2.05, 4.69) is 32.0 Å². The molecular weight excluding hydrogens is 200 g/mol. The third kappa shape index (κ3) is 1.59. The second-order valence-electron chi connectivity index (χ2n) is 3.31. The van der Waals surface area contributed by atoms with E-state index in [1.807, 2.05) is 11.3 Å². The van der Waals surface area contributed by atoms with Gasteiger partial charge in [0, 0.05) is 15.5 Å². The molecule has 0 aliphatic carbocycles. The van der Waals surface area contributed by atoms with Gasteiger partial charge in [0.1, 0.15) is 0 Å². The van der Waals surface area contributed by atoms with Gasteiger partial charge in [-0.25, -0.2) is 0 Å². The Kier molecular flexibility index (Phi) is 2.31. The van der Waals surface area contributed by atoms with Gasteiger partial charge in [0.2, 0.25) is 0 Å². The van der Waals surface area contributed by atoms with Gasteiger partial charge in [0.25, 0.3) is 0 Å². The number of hydrogen-bond donors (Lipinski definition) is 0. The predicted molar refractivity (Wildman–Crippen MR) is 60.9 cm³/mol. The Morgan fingerprint density at radius 2 is 2.00 bits per heavy atom. The Bertz CT molecular complexity index is 443. The first-order valence-corrected chi connectivity index (χ1v) is 5.61. The van der Waals surface area contributed by atoms with E-state index >= 15 is 0 Å². The van der Waals surface area contributed by atoms with E-state index < -0.39 is 0 Å². The topological polar surface area (TPSA) is 0 Å². The van der Waals surface area contributed by atoms with Crippen LogP contribution < -0.4 is 0 Å². The van der Waals surface area contributed by atoms with Crippen molar-refractivity contribution in [3.63, 3.8) is 0 Å². The van der Waals surface area contributed by atoms with Crippen LogP contribution in [0.1, 0.15) is 16.0 Å². The third-order valence-corrected chi connectivity index (χ3v) is 3.54. The quantitative estimate of drug-likeness (QED) is 0.618. The Hall–Kier alpha value is -0.530. The summed E-state index contributed by atoms with van der Waals surface area (Å²) in [6, 6.07) is 6.65. The first kappa shape index (κ1) is 9.04. The summed E-state index contributed by atoms with van der Waals surface area (Å²) in [6.45, 7) is 4.25. The predicted octanol–water partition coefficient (Wildman–Crippen LogP) is 4.26. The first-order chi connectivity index (χ1) is 6.20. The molecule has 0 aliphatic rings. The fourth-order valence-corrected chi connectivity index (χ4v) is 2.78. The molecule has 0 spiro atoms. The fraction of sp³-hybridized carbons (Fsp3) is 0.273. The minimum Gasteiger partial charge on any atom is -0.141 e. The maximum absolute atomic E-state index is 5.84. The van der Waals surface area contributed by atoms with E-state index in [0.717, 1.165) is 0 Å². The van der Waals surface area contributed by atoms with Crippen LogP contribution in [0, 0.1) is 13.8 Å². The molecule has 0 atom stereocenters. The van der Waals surface area contributed by atoms with E-state index in [0.29, 0.717) is 5.88 Å². The van der Waals surface area contributed by atoms with Crippen LogP contribution >= 0.6 is 22.9 Å². The molecular formula is C11H11ClS. The summed E-state index contributed by atoms with van der Waals surface area (Å²) in [5.41, 5.74) is 2.54. The van der Waals surface area contributed by atoms with E-state index in [4.69, 9.17) is 11.6 Å². The van der Waals surface area contributed by atoms with Crippen LogP contribution in [-0.2, 0) is 5.88 Å². The fourth-order valence-electron chi connectivity index (χ4n) is 1.52. The van der Waals surface area contributed by atoms with E-state index in [1.165, 1.54) is 26.1 Å². The van der Waals surface area contributed by atoms with Gasteiger partial charge in [-0.15, -0.1) is 22.9 Å². The minimum absolute atomic E-state index is 0.610. The van der Waals surface area contributed by atoms with Crippen molar-refractivity contribution in [2.24, 2.45) is 0 Å². The lowest BCUT2D eigenvalue weighted by atomic mass is 10.1. The van der Waals surface area contributed by atoms with Crippen molar-refractivity contribution in [2.45, 2.75) is 19.7 Å². The zero-order chi connectivity index (χ0) is 9.42. The maximum Gasteiger partial charge on any atom is 0.0477 e. The van der Waals surface area contributed by atoms with E-state index in [1.54, 1.807) is 0 Å². The molecule has 0 unspecified atom stereocenters. The highest BCUT2D eigenvalue weighted by molar-refractivity contribution is 7.19. The number of alkyl halides is 1. The SMILES string of the molecule is Cc1cc2cc(C)c(CCl)cc2s1. The van der Waals surface area contributed by atoms with Crippen LogP contribution in [-0.4, -0.2) is 0 Å². The lowest BCUT2D eigenvalue weighted by Gasteiger charge is -2.00. The molecule has 0 bridgehead atoms. The second kappa shape index (κ2) is 3.32. The molecule has 13 heavy (non-hydrogen) atoms. The summed E-state index contributed by atoms with van der Waals surface area (Å²) in [5.74, 6) is 0.610. The van der Waals surface area contributed by atoms with Crippen LogP contribution in [0.4, 0.5) is 0 Å². The van der Waals surface area contributed by atoms with Crippen molar-refractivity contribution in [3.8, 4) is 0 Å². The molecule has 0 saturated heterocycles. The normalized spacial score (nSPS) is 11.0. The number of benzene rings is 1. The van der Waals surface area contributed by atoms with Gasteiger partial charge in [0.15, 0.2) is 0 Å². The minimum atomic E-state index is 0.610. The first-order valence-electron chi connectivity index (χ1n) is 4.26. The molecule has 0 fully saturated rings. The average Bonchev–Trinajstić information content (AvgIpc) is 2.42. The monoisotopic (exact) mass is 210 g/mol. The Morgan fingerprint density at radius 1 is 1.23 bits per heavy atom. The Morgan fingerprint density at radius 3 is 2.69 bits per heavy atom. The molecule has 1 aromatic heterocycles. The second-order valence-corrected chi connectivity index (χ2v) is 4.86. The molecule has 1 heterocycles. The van der Waals surface area contributed by atoms with Crippen LogP contribution in [0.5, 0.6) is 0 Å². The third-order valence-electron chi connectivity index (χ3n) is 2.24. The highest BCUT2D eigenvalue weighted by Crippen LogP contribution is 2.28. The standard InChI is InChI=1S/C11H11ClS/c1-7-3-9-4-8(2)13-11(9)5-10(7)6-12/h3-5H,6H2,1-2H3. The molecule has 2 heteroatoms. The Labute approximate surface area is 87.2 Å². The molecule has 2 aromatic rings. The van der Waals surface area contributed by atoms with Gasteiger partial charge in [-0.05, 0) is 42.5 Å². The summed E-state index contributed by atoms with van der Waals surface area (Å²) < 4.78 is 1.35.